The minimum atomic E-state index is -1.78. The Morgan fingerprint density at radius 1 is 0.978 bits per heavy atom. The van der Waals surface area contributed by atoms with Crippen molar-refractivity contribution in [2.24, 2.45) is 5.41 Å². The lowest BCUT2D eigenvalue weighted by Gasteiger charge is -2.43. The standard InChI is InChI=1S/C35H35N3O6S2/c1-33(2,45-29(40)17-24-11-7-5-8-12-24)37(4)32(42)35(46-30(41)18-25-13-9-6-10-14-25)20-34(3,21-36)31(38(35)22-39)26-15-16-27-28(19-26)44-23-43-27/h5-16,19,22,31H,17-18,20,23H2,1-4H3/t31?,34-,35?/m1/s1. The van der Waals surface area contributed by atoms with E-state index in [1.165, 1.54) is 9.80 Å². The van der Waals surface area contributed by atoms with Crippen LogP contribution in [0.4, 0.5) is 0 Å². The van der Waals surface area contributed by atoms with Crippen LogP contribution >= 0.6 is 23.5 Å². The average molecular weight is 658 g/mol. The summed E-state index contributed by atoms with van der Waals surface area (Å²) in [6.45, 7) is 5.24. The van der Waals surface area contributed by atoms with Gasteiger partial charge in [0.2, 0.25) is 13.2 Å². The number of ether oxygens (including phenoxy) is 2. The number of nitrogens with zero attached hydrogens (tertiary/aromatic N) is 3. The van der Waals surface area contributed by atoms with Crippen molar-refractivity contribution in [3.8, 4) is 17.6 Å². The summed E-state index contributed by atoms with van der Waals surface area (Å²) in [5.74, 6) is 0.444. The van der Waals surface area contributed by atoms with Gasteiger partial charge in [-0.25, -0.2) is 0 Å². The molecule has 9 nitrogen and oxygen atoms in total. The molecule has 3 aromatic carbocycles. The zero-order valence-corrected chi connectivity index (χ0v) is 27.7. The highest BCUT2D eigenvalue weighted by molar-refractivity contribution is 8.15. The molecule has 0 radical (unpaired) electrons. The predicted molar refractivity (Wildman–Crippen MR) is 177 cm³/mol. The Labute approximate surface area is 277 Å². The van der Waals surface area contributed by atoms with Crippen molar-refractivity contribution in [3.05, 3.63) is 95.6 Å². The van der Waals surface area contributed by atoms with Gasteiger partial charge in [-0.05, 0) is 61.4 Å². The highest BCUT2D eigenvalue weighted by Crippen LogP contribution is 2.59. The highest BCUT2D eigenvalue weighted by atomic mass is 32.2. The van der Waals surface area contributed by atoms with Gasteiger partial charge in [-0.2, -0.15) is 5.26 Å². The summed E-state index contributed by atoms with van der Waals surface area (Å²) in [4.78, 5) is 54.8. The zero-order chi connectivity index (χ0) is 33.1. The summed E-state index contributed by atoms with van der Waals surface area (Å²) in [5.41, 5.74) is 0.901. The monoisotopic (exact) mass is 657 g/mol. The molecule has 0 bridgehead atoms. The lowest BCUT2D eigenvalue weighted by atomic mass is 9.79. The fraction of sp³-hybridized carbons (Fsp3) is 0.343. The Balaban J connectivity index is 1.53. The van der Waals surface area contributed by atoms with Crippen molar-refractivity contribution in [1.29, 1.82) is 5.26 Å². The summed E-state index contributed by atoms with van der Waals surface area (Å²) < 4.78 is 11.0. The van der Waals surface area contributed by atoms with Crippen molar-refractivity contribution >= 4 is 46.1 Å². The van der Waals surface area contributed by atoms with Gasteiger partial charge in [-0.15, -0.1) is 0 Å². The van der Waals surface area contributed by atoms with Crippen LogP contribution in [0.15, 0.2) is 78.9 Å². The minimum absolute atomic E-state index is 0.0165. The van der Waals surface area contributed by atoms with Crippen molar-refractivity contribution < 1.29 is 28.7 Å². The maximum absolute atomic E-state index is 14.9. The summed E-state index contributed by atoms with van der Waals surface area (Å²) in [7, 11) is 1.57. The van der Waals surface area contributed by atoms with Gasteiger partial charge in [-0.3, -0.25) is 19.2 Å². The number of thioether (sulfide) groups is 2. The van der Waals surface area contributed by atoms with Crippen LogP contribution in [0.3, 0.4) is 0 Å². The Bertz CT molecular complexity index is 1680. The molecule has 5 rings (SSSR count). The molecule has 0 N–H and O–H groups in total. The minimum Gasteiger partial charge on any atom is -0.454 e. The van der Waals surface area contributed by atoms with Crippen LogP contribution in [0.1, 0.15) is 49.9 Å². The normalized spacial score (nSPS) is 21.8. The molecule has 3 atom stereocenters. The van der Waals surface area contributed by atoms with Crippen LogP contribution in [0.25, 0.3) is 0 Å². The van der Waals surface area contributed by atoms with E-state index in [4.69, 9.17) is 9.47 Å². The van der Waals surface area contributed by atoms with Gasteiger partial charge < -0.3 is 19.3 Å². The second-order valence-electron chi connectivity index (χ2n) is 12.1. The van der Waals surface area contributed by atoms with Crippen molar-refractivity contribution in [2.45, 2.75) is 55.8 Å². The molecule has 0 saturated carbocycles. The number of carbonyl (C=O) groups excluding carboxylic acids is 4. The van der Waals surface area contributed by atoms with Crippen LogP contribution in [0, 0.1) is 16.7 Å². The summed E-state index contributed by atoms with van der Waals surface area (Å²) in [6, 6.07) is 25.1. The largest absolute Gasteiger partial charge is 0.454 e. The first-order chi connectivity index (χ1) is 21.9. The number of amides is 2. The number of fused-ring (bicyclic) bond motifs is 1. The molecule has 2 amide bonds. The fourth-order valence-corrected chi connectivity index (χ4v) is 8.50. The molecule has 0 spiro atoms. The molecule has 1 fully saturated rings. The summed E-state index contributed by atoms with van der Waals surface area (Å²) in [5, 5.41) is 10.1. The molecule has 238 valence electrons. The topological polar surface area (TPSA) is 117 Å². The van der Waals surface area contributed by atoms with Crippen LogP contribution < -0.4 is 9.47 Å². The number of hydrogen-bond acceptors (Lipinski definition) is 9. The lowest BCUT2D eigenvalue weighted by Crippen LogP contribution is -2.58. The number of likely N-dealkylation sites (N-methyl/N-ethyl adjacent to an activating group) is 1. The molecule has 11 heteroatoms. The second-order valence-corrected chi connectivity index (χ2v) is 15.1. The maximum atomic E-state index is 14.9. The van der Waals surface area contributed by atoms with E-state index in [-0.39, 0.29) is 36.3 Å². The van der Waals surface area contributed by atoms with E-state index in [1.54, 1.807) is 46.0 Å². The molecule has 46 heavy (non-hydrogen) atoms. The fourth-order valence-electron chi connectivity index (χ4n) is 6.02. The molecule has 3 aromatic rings. The molecule has 1 saturated heterocycles. The van der Waals surface area contributed by atoms with E-state index in [9.17, 15) is 24.4 Å². The predicted octanol–water partition coefficient (Wildman–Crippen LogP) is 5.74. The maximum Gasteiger partial charge on any atom is 0.260 e. The molecular weight excluding hydrogens is 623 g/mol. The Morgan fingerprint density at radius 3 is 2.15 bits per heavy atom. The number of likely N-dealkylation sites (tertiary alicyclic amines) is 1. The van der Waals surface area contributed by atoms with Crippen LogP contribution in [-0.2, 0) is 32.0 Å². The third kappa shape index (κ3) is 6.50. The quantitative estimate of drug-likeness (QED) is 0.199. The van der Waals surface area contributed by atoms with Gasteiger partial charge in [-0.1, -0.05) is 78.5 Å². The van der Waals surface area contributed by atoms with Crippen molar-refractivity contribution in [2.75, 3.05) is 13.8 Å². The number of nitriles is 1. The van der Waals surface area contributed by atoms with Gasteiger partial charge in [0.1, 0.15) is 0 Å². The van der Waals surface area contributed by atoms with Crippen molar-refractivity contribution in [3.63, 3.8) is 0 Å². The SMILES string of the molecule is CN(C(=O)C1(SC(=O)Cc2ccccc2)C[C@](C)(C#N)C(c2ccc3c(c2)OCO3)N1C=O)C(C)(C)SC(=O)Cc1ccccc1. The van der Waals surface area contributed by atoms with Gasteiger partial charge in [0.05, 0.1) is 22.4 Å². The lowest BCUT2D eigenvalue weighted by molar-refractivity contribution is -0.143. The molecular formula is C35H35N3O6S2. The van der Waals surface area contributed by atoms with E-state index in [0.29, 0.717) is 23.5 Å². The summed E-state index contributed by atoms with van der Waals surface area (Å²) >= 11 is 1.77. The third-order valence-corrected chi connectivity index (χ3v) is 10.8. The first-order valence-electron chi connectivity index (χ1n) is 14.8. The first-order valence-corrected chi connectivity index (χ1v) is 16.4. The van der Waals surface area contributed by atoms with Crippen LogP contribution in [0.2, 0.25) is 0 Å². The molecule has 2 aliphatic rings. The second kappa shape index (κ2) is 13.2. The van der Waals surface area contributed by atoms with Gasteiger partial charge >= 0.3 is 0 Å². The van der Waals surface area contributed by atoms with Crippen molar-refractivity contribution in [1.82, 2.24) is 9.80 Å². The van der Waals surface area contributed by atoms with E-state index in [0.717, 1.165) is 34.7 Å². The van der Waals surface area contributed by atoms with Crippen LogP contribution in [0.5, 0.6) is 11.5 Å². The smallest absolute Gasteiger partial charge is 0.260 e. The molecule has 2 unspecified atom stereocenters. The first kappa shape index (κ1) is 33.1. The molecule has 2 heterocycles. The highest BCUT2D eigenvalue weighted by Gasteiger charge is 2.64. The van der Waals surface area contributed by atoms with E-state index in [1.807, 2.05) is 60.7 Å². The number of carbonyl (C=O) groups is 4. The van der Waals surface area contributed by atoms with E-state index in [2.05, 4.69) is 6.07 Å². The zero-order valence-electron chi connectivity index (χ0n) is 26.1. The van der Waals surface area contributed by atoms with E-state index < -0.39 is 27.1 Å². The number of hydrogen-bond donors (Lipinski definition) is 0. The van der Waals surface area contributed by atoms with Gasteiger partial charge in [0.15, 0.2) is 26.6 Å². The van der Waals surface area contributed by atoms with Crippen LogP contribution in [-0.4, -0.2) is 55.9 Å². The van der Waals surface area contributed by atoms with Gasteiger partial charge in [0.25, 0.3) is 5.91 Å². The Morgan fingerprint density at radius 2 is 1.57 bits per heavy atom. The Hall–Kier alpha value is -4.27. The Kier molecular flexibility index (Phi) is 9.52. The number of benzene rings is 3. The average Bonchev–Trinajstić information content (AvgIpc) is 3.60. The third-order valence-electron chi connectivity index (χ3n) is 8.46. The van der Waals surface area contributed by atoms with E-state index >= 15 is 0 Å². The van der Waals surface area contributed by atoms with Gasteiger partial charge in [0, 0.05) is 26.3 Å². The summed E-state index contributed by atoms with van der Waals surface area (Å²) in [6.07, 6.45) is 0.614. The molecule has 0 aromatic heterocycles. The molecule has 0 aliphatic carbocycles. The molecule has 2 aliphatic heterocycles. The number of rotatable bonds is 10.